The highest BCUT2D eigenvalue weighted by atomic mass is 16.6. The van der Waals surface area contributed by atoms with E-state index < -0.39 is 34.9 Å². The van der Waals surface area contributed by atoms with Crippen molar-refractivity contribution in [1.29, 1.82) is 0 Å². The SMILES string of the molecule is CC(C)(C)OC(=O)N1C[C@H](O)C[C@]1(C)C(=O)OC(C)(C)C. The van der Waals surface area contributed by atoms with E-state index in [1.165, 1.54) is 4.90 Å². The molecule has 0 aromatic carbocycles. The molecule has 6 heteroatoms. The minimum absolute atomic E-state index is 0.0602. The first-order chi connectivity index (χ1) is 9.24. The molecule has 0 aliphatic carbocycles. The van der Waals surface area contributed by atoms with Crippen molar-refractivity contribution < 1.29 is 24.2 Å². The Labute approximate surface area is 126 Å². The monoisotopic (exact) mass is 301 g/mol. The van der Waals surface area contributed by atoms with Gasteiger partial charge in [0.2, 0.25) is 0 Å². The number of hydrogen-bond acceptors (Lipinski definition) is 5. The maximum atomic E-state index is 12.4. The normalized spacial score (nSPS) is 26.7. The number of esters is 1. The summed E-state index contributed by atoms with van der Waals surface area (Å²) in [5, 5.41) is 9.87. The molecule has 0 radical (unpaired) electrons. The standard InChI is InChI=1S/C15H27NO5/c1-13(2,3)20-11(18)15(7)8-10(17)9-16(15)12(19)21-14(4,5)6/h10,17H,8-9H2,1-7H3/t10-,15-/m1/s1. The van der Waals surface area contributed by atoms with Crippen molar-refractivity contribution in [3.8, 4) is 0 Å². The summed E-state index contributed by atoms with van der Waals surface area (Å²) >= 11 is 0. The topological polar surface area (TPSA) is 76.1 Å². The van der Waals surface area contributed by atoms with Crippen LogP contribution in [0.3, 0.4) is 0 Å². The summed E-state index contributed by atoms with van der Waals surface area (Å²) in [6.45, 7) is 12.2. The summed E-state index contributed by atoms with van der Waals surface area (Å²) in [4.78, 5) is 26.0. The maximum Gasteiger partial charge on any atom is 0.411 e. The van der Waals surface area contributed by atoms with Gasteiger partial charge in [-0.25, -0.2) is 9.59 Å². The van der Waals surface area contributed by atoms with Gasteiger partial charge in [-0.3, -0.25) is 4.90 Å². The second kappa shape index (κ2) is 5.48. The molecular weight excluding hydrogens is 274 g/mol. The Morgan fingerprint density at radius 1 is 1.10 bits per heavy atom. The molecule has 1 aliphatic heterocycles. The van der Waals surface area contributed by atoms with Crippen LogP contribution < -0.4 is 0 Å². The van der Waals surface area contributed by atoms with Gasteiger partial charge in [0.25, 0.3) is 0 Å². The molecule has 0 bridgehead atoms. The second-order valence-electron chi connectivity index (χ2n) is 7.72. The molecule has 122 valence electrons. The summed E-state index contributed by atoms with van der Waals surface area (Å²) in [7, 11) is 0. The molecule has 1 amide bonds. The number of rotatable bonds is 1. The van der Waals surface area contributed by atoms with Crippen molar-refractivity contribution in [1.82, 2.24) is 4.90 Å². The minimum atomic E-state index is -1.21. The lowest BCUT2D eigenvalue weighted by Gasteiger charge is -2.35. The second-order valence-corrected chi connectivity index (χ2v) is 7.72. The summed E-state index contributed by atoms with van der Waals surface area (Å²) in [6, 6.07) is 0. The van der Waals surface area contributed by atoms with Crippen LogP contribution in [-0.2, 0) is 14.3 Å². The van der Waals surface area contributed by atoms with E-state index in [1.54, 1.807) is 48.5 Å². The highest BCUT2D eigenvalue weighted by molar-refractivity contribution is 5.86. The summed E-state index contributed by atoms with van der Waals surface area (Å²) in [5.41, 5.74) is -2.54. The molecule has 1 fully saturated rings. The minimum Gasteiger partial charge on any atom is -0.458 e. The van der Waals surface area contributed by atoms with Gasteiger partial charge in [0.05, 0.1) is 12.6 Å². The van der Waals surface area contributed by atoms with Crippen molar-refractivity contribution in [3.63, 3.8) is 0 Å². The molecule has 0 unspecified atom stereocenters. The number of carbonyl (C=O) groups excluding carboxylic acids is 2. The van der Waals surface area contributed by atoms with Gasteiger partial charge in [-0.2, -0.15) is 0 Å². The third-order valence-corrected chi connectivity index (χ3v) is 3.07. The Morgan fingerprint density at radius 2 is 1.57 bits per heavy atom. The molecule has 0 aromatic heterocycles. The van der Waals surface area contributed by atoms with Crippen LogP contribution in [0.4, 0.5) is 4.79 Å². The smallest absolute Gasteiger partial charge is 0.411 e. The Morgan fingerprint density at radius 3 is 2.00 bits per heavy atom. The summed E-state index contributed by atoms with van der Waals surface area (Å²) in [6.07, 6.45) is -1.25. The lowest BCUT2D eigenvalue weighted by molar-refractivity contribution is -0.166. The van der Waals surface area contributed by atoms with Crippen LogP contribution in [0, 0.1) is 0 Å². The number of amides is 1. The molecule has 1 aliphatic rings. The predicted molar refractivity (Wildman–Crippen MR) is 77.8 cm³/mol. The first-order valence-corrected chi connectivity index (χ1v) is 7.17. The number of β-amino-alcohol motifs (C(OH)–C–C–N with tert-alkyl or cyclic N) is 1. The summed E-state index contributed by atoms with van der Waals surface area (Å²) in [5.74, 6) is -0.530. The number of aliphatic hydroxyl groups is 1. The van der Waals surface area contributed by atoms with E-state index in [1.807, 2.05) is 0 Å². The predicted octanol–water partition coefficient (Wildman–Crippen LogP) is 2.09. The highest BCUT2D eigenvalue weighted by Crippen LogP contribution is 2.33. The lowest BCUT2D eigenvalue weighted by Crippen LogP contribution is -2.54. The third kappa shape index (κ3) is 4.59. The number of aliphatic hydroxyl groups excluding tert-OH is 1. The van der Waals surface area contributed by atoms with Crippen molar-refractivity contribution in [3.05, 3.63) is 0 Å². The third-order valence-electron chi connectivity index (χ3n) is 3.07. The van der Waals surface area contributed by atoms with E-state index in [4.69, 9.17) is 9.47 Å². The first kappa shape index (κ1) is 17.8. The van der Waals surface area contributed by atoms with E-state index in [-0.39, 0.29) is 13.0 Å². The molecule has 0 aromatic rings. The van der Waals surface area contributed by atoms with Gasteiger partial charge in [-0.15, -0.1) is 0 Å². The largest absolute Gasteiger partial charge is 0.458 e. The molecule has 1 saturated heterocycles. The molecule has 1 N–H and O–H groups in total. The van der Waals surface area contributed by atoms with Gasteiger partial charge < -0.3 is 14.6 Å². The van der Waals surface area contributed by atoms with Crippen LogP contribution in [0.15, 0.2) is 0 Å². The number of carbonyl (C=O) groups is 2. The first-order valence-electron chi connectivity index (χ1n) is 7.17. The zero-order valence-corrected chi connectivity index (χ0v) is 14.0. The number of nitrogens with zero attached hydrogens (tertiary/aromatic N) is 1. The van der Waals surface area contributed by atoms with Crippen LogP contribution in [-0.4, -0.2) is 51.5 Å². The van der Waals surface area contributed by atoms with E-state index >= 15 is 0 Å². The van der Waals surface area contributed by atoms with Crippen LogP contribution in [0.1, 0.15) is 54.9 Å². The van der Waals surface area contributed by atoms with Gasteiger partial charge >= 0.3 is 12.1 Å². The molecule has 1 heterocycles. The fourth-order valence-electron chi connectivity index (χ4n) is 2.22. The lowest BCUT2D eigenvalue weighted by atomic mass is 9.98. The molecule has 6 nitrogen and oxygen atoms in total. The molecule has 0 saturated carbocycles. The Bertz CT molecular complexity index is 421. The van der Waals surface area contributed by atoms with E-state index in [2.05, 4.69) is 0 Å². The molecule has 21 heavy (non-hydrogen) atoms. The average Bonchev–Trinajstić information content (AvgIpc) is 2.50. The Hall–Kier alpha value is -1.30. The number of likely N-dealkylation sites (tertiary alicyclic amines) is 1. The molecular formula is C15H27NO5. The van der Waals surface area contributed by atoms with E-state index in [0.29, 0.717) is 0 Å². The van der Waals surface area contributed by atoms with Crippen LogP contribution in [0.5, 0.6) is 0 Å². The molecule has 1 rings (SSSR count). The van der Waals surface area contributed by atoms with Crippen LogP contribution in [0.2, 0.25) is 0 Å². The van der Waals surface area contributed by atoms with Gasteiger partial charge in [-0.1, -0.05) is 0 Å². The number of ether oxygens (including phenoxy) is 2. The van der Waals surface area contributed by atoms with E-state index in [9.17, 15) is 14.7 Å². The van der Waals surface area contributed by atoms with Gasteiger partial charge in [-0.05, 0) is 48.5 Å². The van der Waals surface area contributed by atoms with Gasteiger partial charge in [0.15, 0.2) is 0 Å². The average molecular weight is 301 g/mol. The van der Waals surface area contributed by atoms with E-state index in [0.717, 1.165) is 0 Å². The highest BCUT2D eigenvalue weighted by Gasteiger charge is 2.52. The van der Waals surface area contributed by atoms with Gasteiger partial charge in [0.1, 0.15) is 16.7 Å². The Balaban J connectivity index is 2.96. The summed E-state index contributed by atoms with van der Waals surface area (Å²) < 4.78 is 10.7. The zero-order valence-electron chi connectivity index (χ0n) is 14.0. The van der Waals surface area contributed by atoms with Crippen molar-refractivity contribution >= 4 is 12.1 Å². The van der Waals surface area contributed by atoms with Gasteiger partial charge in [0, 0.05) is 6.42 Å². The molecule has 2 atom stereocenters. The van der Waals surface area contributed by atoms with Crippen molar-refractivity contribution in [2.24, 2.45) is 0 Å². The van der Waals surface area contributed by atoms with Crippen molar-refractivity contribution in [2.75, 3.05) is 6.54 Å². The van der Waals surface area contributed by atoms with Crippen molar-refractivity contribution in [2.45, 2.75) is 77.7 Å². The fourth-order valence-corrected chi connectivity index (χ4v) is 2.22. The fraction of sp³-hybridized carbons (Fsp3) is 0.867. The number of hydrogen-bond donors (Lipinski definition) is 1. The maximum absolute atomic E-state index is 12.4. The Kier molecular flexibility index (Phi) is 4.63. The molecule has 0 spiro atoms. The zero-order chi connectivity index (χ0) is 16.6. The van der Waals surface area contributed by atoms with Crippen LogP contribution >= 0.6 is 0 Å². The quantitative estimate of drug-likeness (QED) is 0.750. The van der Waals surface area contributed by atoms with Crippen LogP contribution in [0.25, 0.3) is 0 Å².